The van der Waals surface area contributed by atoms with Crippen LogP contribution in [-0.4, -0.2) is 126 Å². The zero-order chi connectivity index (χ0) is 31.4. The zero-order valence-corrected chi connectivity index (χ0v) is 24.8. The molecule has 2 fully saturated rings. The number of fused-ring (bicyclic) bond motifs is 1. The molecule has 1 saturated carbocycles. The molecular weight excluding hydrogens is 576 g/mol. The number of ether oxygens (including phenoxy) is 1. The SMILES string of the molecule is COC(COS(=O)(=O)O)C(=O)NC(C(=O)N1C2CC(O)[C@@H](O)CC2C[C@H]1C(=O)NCCC1=CC[N+](=C(N)N)C1)C(C)C. The molecular formula is C25H43N6O10S+. The van der Waals surface area contributed by atoms with Gasteiger partial charge in [-0.2, -0.15) is 8.42 Å². The minimum atomic E-state index is -4.84. The molecule has 0 radical (unpaired) electrons. The smallest absolute Gasteiger partial charge is 0.390 e. The minimum absolute atomic E-state index is 0.0583. The first-order chi connectivity index (χ1) is 19.6. The summed E-state index contributed by atoms with van der Waals surface area (Å²) >= 11 is 0. The van der Waals surface area contributed by atoms with Crippen LogP contribution in [0.4, 0.5) is 0 Å². The second-order valence-electron chi connectivity index (χ2n) is 11.3. The van der Waals surface area contributed by atoms with Crippen molar-refractivity contribution in [2.45, 2.75) is 76.0 Å². The highest BCUT2D eigenvalue weighted by Gasteiger charge is 2.52. The number of aliphatic hydroxyl groups excluding tert-OH is 2. The van der Waals surface area contributed by atoms with E-state index in [1.807, 2.05) is 6.08 Å². The Bertz CT molecular complexity index is 1190. The van der Waals surface area contributed by atoms with Gasteiger partial charge in [0.2, 0.25) is 11.8 Å². The molecule has 7 atom stereocenters. The first kappa shape index (κ1) is 33.7. The predicted octanol–water partition coefficient (Wildman–Crippen LogP) is -3.20. The first-order valence-electron chi connectivity index (χ1n) is 13.8. The number of likely N-dealkylation sites (tertiary alicyclic amines) is 1. The van der Waals surface area contributed by atoms with E-state index in [-0.39, 0.29) is 31.1 Å². The molecule has 0 spiro atoms. The molecule has 5 unspecified atom stereocenters. The van der Waals surface area contributed by atoms with Crippen LogP contribution in [0.15, 0.2) is 11.6 Å². The van der Waals surface area contributed by atoms with Crippen LogP contribution >= 0.6 is 0 Å². The molecule has 0 aromatic rings. The van der Waals surface area contributed by atoms with Crippen LogP contribution in [-0.2, 0) is 33.7 Å². The van der Waals surface area contributed by atoms with Gasteiger partial charge in [0.15, 0.2) is 6.10 Å². The van der Waals surface area contributed by atoms with Crippen LogP contribution in [0.3, 0.4) is 0 Å². The van der Waals surface area contributed by atoms with Crippen LogP contribution in [0.1, 0.15) is 39.5 Å². The van der Waals surface area contributed by atoms with E-state index in [9.17, 15) is 33.0 Å². The van der Waals surface area contributed by atoms with Crippen LogP contribution in [0.5, 0.6) is 0 Å². The summed E-state index contributed by atoms with van der Waals surface area (Å²) in [5.41, 5.74) is 12.3. The third-order valence-corrected chi connectivity index (χ3v) is 8.51. The summed E-state index contributed by atoms with van der Waals surface area (Å²) in [5, 5.41) is 26.1. The zero-order valence-electron chi connectivity index (χ0n) is 24.0. The largest absolute Gasteiger partial charge is 0.397 e. The number of nitrogens with two attached hydrogens (primary N) is 2. The number of aliphatic hydroxyl groups is 2. The van der Waals surface area contributed by atoms with Crippen molar-refractivity contribution in [2.24, 2.45) is 23.3 Å². The fraction of sp³-hybridized carbons (Fsp3) is 0.760. The Hall–Kier alpha value is -2.83. The van der Waals surface area contributed by atoms with E-state index < -0.39 is 77.1 Å². The fourth-order valence-electron chi connectivity index (χ4n) is 5.77. The quantitative estimate of drug-likeness (QED) is 0.0494. The molecule has 17 heteroatoms. The van der Waals surface area contributed by atoms with E-state index in [2.05, 4.69) is 14.8 Å². The molecule has 0 bridgehead atoms. The number of guanidine groups is 1. The van der Waals surface area contributed by atoms with Crippen molar-refractivity contribution < 1.29 is 51.1 Å². The topological polar surface area (TPSA) is 247 Å². The van der Waals surface area contributed by atoms with Gasteiger partial charge >= 0.3 is 16.4 Å². The highest BCUT2D eigenvalue weighted by molar-refractivity contribution is 7.80. The van der Waals surface area contributed by atoms with E-state index in [0.717, 1.165) is 12.7 Å². The highest BCUT2D eigenvalue weighted by Crippen LogP contribution is 2.40. The summed E-state index contributed by atoms with van der Waals surface area (Å²) in [6.07, 6.45) is -0.475. The number of carbonyl (C=O) groups is 3. The lowest BCUT2D eigenvalue weighted by Crippen LogP contribution is -2.60. The van der Waals surface area contributed by atoms with Gasteiger partial charge in [0.1, 0.15) is 18.7 Å². The summed E-state index contributed by atoms with van der Waals surface area (Å²) in [5.74, 6) is -2.33. The lowest BCUT2D eigenvalue weighted by molar-refractivity contribution is -0.503. The molecule has 238 valence electrons. The Balaban J connectivity index is 1.76. The first-order valence-corrected chi connectivity index (χ1v) is 15.2. The van der Waals surface area contributed by atoms with Gasteiger partial charge in [0.25, 0.3) is 5.91 Å². The molecule has 42 heavy (non-hydrogen) atoms. The number of nitrogens with zero attached hydrogens (tertiary/aromatic N) is 2. The average Bonchev–Trinajstić information content (AvgIpc) is 3.52. The molecule has 3 aliphatic rings. The summed E-state index contributed by atoms with van der Waals surface area (Å²) < 4.78 is 41.8. The molecule has 0 aromatic carbocycles. The summed E-state index contributed by atoms with van der Waals surface area (Å²) in [4.78, 5) is 41.8. The lowest BCUT2D eigenvalue weighted by Gasteiger charge is -2.39. The number of hydrogen-bond donors (Lipinski definition) is 7. The van der Waals surface area contributed by atoms with Crippen LogP contribution < -0.4 is 22.1 Å². The van der Waals surface area contributed by atoms with Gasteiger partial charge in [-0.3, -0.25) is 35.0 Å². The van der Waals surface area contributed by atoms with Crippen LogP contribution in [0.25, 0.3) is 0 Å². The van der Waals surface area contributed by atoms with Crippen molar-refractivity contribution in [1.29, 1.82) is 0 Å². The Morgan fingerprint density at radius 3 is 2.40 bits per heavy atom. The molecule has 2 aliphatic heterocycles. The van der Waals surface area contributed by atoms with Gasteiger partial charge in [-0.05, 0) is 49.2 Å². The number of amides is 3. The molecule has 3 amide bonds. The molecule has 2 heterocycles. The molecule has 1 aliphatic carbocycles. The number of nitrogens with one attached hydrogen (secondary N) is 2. The molecule has 9 N–H and O–H groups in total. The Morgan fingerprint density at radius 1 is 1.17 bits per heavy atom. The summed E-state index contributed by atoms with van der Waals surface area (Å²) in [6.45, 7) is 3.99. The Morgan fingerprint density at radius 2 is 1.83 bits per heavy atom. The minimum Gasteiger partial charge on any atom is -0.390 e. The van der Waals surface area contributed by atoms with Crippen LogP contribution in [0, 0.1) is 11.8 Å². The van der Waals surface area contributed by atoms with Gasteiger partial charge in [-0.1, -0.05) is 13.8 Å². The maximum Gasteiger partial charge on any atom is 0.397 e. The fourth-order valence-corrected chi connectivity index (χ4v) is 6.07. The summed E-state index contributed by atoms with van der Waals surface area (Å²) in [6, 6.07) is -2.61. The van der Waals surface area contributed by atoms with Crippen molar-refractivity contribution in [3.05, 3.63) is 11.6 Å². The van der Waals surface area contributed by atoms with Gasteiger partial charge in [0.05, 0.1) is 25.3 Å². The molecule has 16 nitrogen and oxygen atoms in total. The van der Waals surface area contributed by atoms with Gasteiger partial charge in [-0.25, -0.2) is 4.18 Å². The van der Waals surface area contributed by atoms with Crippen molar-refractivity contribution >= 4 is 34.1 Å². The Kier molecular flexibility index (Phi) is 11.3. The van der Waals surface area contributed by atoms with Crippen molar-refractivity contribution in [3.63, 3.8) is 0 Å². The molecule has 3 rings (SSSR count). The molecule has 1 saturated heterocycles. The standard InChI is InChI=1S/C25H42N6O10S/c1-13(2)21(29-23(35)20(40-3)12-41-42(37,38)39)24(36)31-16-10-19(33)18(32)9-15(16)8-17(31)22(34)28-6-4-14-5-7-30(11-14)25(26)27/h5,13,15-21,32-33H,4,6-12H2,1-3H3,(H6,26,27,28,29,34,35,37,38,39)/p+1/t15?,16?,17-,18-,19?,20?,21?/m0/s1. The number of methoxy groups -OCH3 is 1. The van der Waals surface area contributed by atoms with Gasteiger partial charge < -0.3 is 30.5 Å². The van der Waals surface area contributed by atoms with Gasteiger partial charge in [-0.15, -0.1) is 0 Å². The second kappa shape index (κ2) is 14.1. The number of rotatable bonds is 12. The maximum atomic E-state index is 14.0. The van der Waals surface area contributed by atoms with Crippen molar-refractivity contribution in [2.75, 3.05) is 33.4 Å². The monoisotopic (exact) mass is 619 g/mol. The number of carbonyl (C=O) groups excluding carboxylic acids is 3. The maximum absolute atomic E-state index is 14.0. The van der Waals surface area contributed by atoms with E-state index in [0.29, 0.717) is 26.1 Å². The predicted molar refractivity (Wildman–Crippen MR) is 148 cm³/mol. The van der Waals surface area contributed by atoms with E-state index >= 15 is 0 Å². The highest BCUT2D eigenvalue weighted by atomic mass is 32.3. The van der Waals surface area contributed by atoms with Gasteiger partial charge in [0, 0.05) is 19.7 Å². The third kappa shape index (κ3) is 8.38. The second-order valence-corrected chi connectivity index (χ2v) is 12.4. The average molecular weight is 620 g/mol. The van der Waals surface area contributed by atoms with E-state index in [1.165, 1.54) is 4.90 Å². The van der Waals surface area contributed by atoms with E-state index in [1.54, 1.807) is 18.4 Å². The lowest BCUT2D eigenvalue weighted by atomic mass is 9.81. The van der Waals surface area contributed by atoms with Crippen LogP contribution in [0.2, 0.25) is 0 Å². The Labute approximate surface area is 245 Å². The third-order valence-electron chi connectivity index (χ3n) is 8.07. The summed E-state index contributed by atoms with van der Waals surface area (Å²) in [7, 11) is -3.71. The normalized spacial score (nSPS) is 27.3. The molecule has 0 aromatic heterocycles. The van der Waals surface area contributed by atoms with Crippen molar-refractivity contribution in [1.82, 2.24) is 15.5 Å². The van der Waals surface area contributed by atoms with E-state index in [4.69, 9.17) is 20.8 Å². The number of hydrogen-bond acceptors (Lipinski definition) is 9. The van der Waals surface area contributed by atoms with Crippen molar-refractivity contribution in [3.8, 4) is 0 Å².